The van der Waals surface area contributed by atoms with Crippen LogP contribution in [0.3, 0.4) is 0 Å². The Labute approximate surface area is 199 Å². The predicted molar refractivity (Wildman–Crippen MR) is 128 cm³/mol. The maximum atomic E-state index is 14.7. The highest BCUT2D eigenvalue weighted by Crippen LogP contribution is 2.30. The van der Waals surface area contributed by atoms with Crippen molar-refractivity contribution >= 4 is 23.0 Å². The second-order valence-electron chi connectivity index (χ2n) is 9.19. The Balaban J connectivity index is 1.32. The lowest BCUT2D eigenvalue weighted by Crippen LogP contribution is -2.48. The minimum Gasteiger partial charge on any atom is -0.367 e. The number of carbonyl (C=O) groups excluding carboxylic acids is 1. The van der Waals surface area contributed by atoms with E-state index in [1.165, 1.54) is 12.1 Å². The van der Waals surface area contributed by atoms with Gasteiger partial charge in [-0.15, -0.1) is 0 Å². The Bertz CT molecular complexity index is 951. The van der Waals surface area contributed by atoms with Gasteiger partial charge in [-0.25, -0.2) is 13.8 Å². The first-order valence-corrected chi connectivity index (χ1v) is 11.9. The van der Waals surface area contributed by atoms with Gasteiger partial charge in [-0.05, 0) is 56.1 Å². The van der Waals surface area contributed by atoms with Crippen LogP contribution in [0.2, 0.25) is 0 Å². The summed E-state index contributed by atoms with van der Waals surface area (Å²) in [7, 11) is 2.05. The highest BCUT2D eigenvalue weighted by atomic mass is 19.1. The molecule has 0 spiro atoms. The van der Waals surface area contributed by atoms with Crippen LogP contribution in [-0.4, -0.2) is 78.8 Å². The number of rotatable bonds is 7. The van der Waals surface area contributed by atoms with Gasteiger partial charge in [0.1, 0.15) is 5.69 Å². The summed E-state index contributed by atoms with van der Waals surface area (Å²) in [6.07, 6.45) is 2.98. The van der Waals surface area contributed by atoms with Gasteiger partial charge in [0, 0.05) is 50.6 Å². The van der Waals surface area contributed by atoms with Crippen LogP contribution in [0.5, 0.6) is 0 Å². The van der Waals surface area contributed by atoms with Crippen LogP contribution in [0.25, 0.3) is 0 Å². The number of halogens is 2. The Morgan fingerprint density at radius 1 is 0.941 bits per heavy atom. The maximum Gasteiger partial charge on any atom is 0.260 e. The molecule has 2 aliphatic rings. The van der Waals surface area contributed by atoms with Gasteiger partial charge in [-0.3, -0.25) is 14.9 Å². The number of benzene rings is 2. The number of hydroxylamine groups is 2. The molecule has 7 nitrogen and oxygen atoms in total. The summed E-state index contributed by atoms with van der Waals surface area (Å²) in [5, 5.41) is 14.0. The number of anilines is 3. The summed E-state index contributed by atoms with van der Waals surface area (Å²) in [5.74, 6) is -1.49. The molecule has 9 heteroatoms. The number of hydrogen-bond acceptors (Lipinski definition) is 6. The van der Waals surface area contributed by atoms with Crippen molar-refractivity contribution in [2.24, 2.45) is 0 Å². The number of piperidine rings is 1. The number of piperazine rings is 1. The summed E-state index contributed by atoms with van der Waals surface area (Å²) in [5.41, 5.74) is 1.78. The second-order valence-corrected chi connectivity index (χ2v) is 9.19. The molecule has 0 bridgehead atoms. The van der Waals surface area contributed by atoms with Crippen LogP contribution in [-0.2, 0) is 11.3 Å². The van der Waals surface area contributed by atoms with Crippen molar-refractivity contribution in [1.29, 1.82) is 0 Å². The molecule has 2 N–H and O–H groups in total. The number of carbonyl (C=O) groups is 1. The second kappa shape index (κ2) is 11.1. The minimum absolute atomic E-state index is 0.0462. The van der Waals surface area contributed by atoms with Gasteiger partial charge in [0.15, 0.2) is 11.6 Å². The molecule has 184 valence electrons. The number of likely N-dealkylation sites (N-methyl/N-ethyl adjacent to an activating group) is 1. The molecule has 0 aromatic heterocycles. The fourth-order valence-corrected chi connectivity index (χ4v) is 4.46. The molecular weight excluding hydrogens is 440 g/mol. The SMILES string of the molecule is CN1CCN(CC(=O)N(O)Cc2ccc(Nc3cc(F)c(N4CCCCC4)c(F)c3)cc2)CC1. The average Bonchev–Trinajstić information content (AvgIpc) is 2.82. The third-order valence-electron chi connectivity index (χ3n) is 6.51. The zero-order valence-electron chi connectivity index (χ0n) is 19.6. The molecule has 2 saturated heterocycles. The molecule has 2 heterocycles. The van der Waals surface area contributed by atoms with Gasteiger partial charge in [0.05, 0.1) is 13.1 Å². The number of hydrogen-bond donors (Lipinski definition) is 2. The highest BCUT2D eigenvalue weighted by Gasteiger charge is 2.21. The van der Waals surface area contributed by atoms with E-state index in [0.29, 0.717) is 24.5 Å². The van der Waals surface area contributed by atoms with Gasteiger partial charge in [-0.1, -0.05) is 12.1 Å². The standard InChI is InChI=1S/C25H33F2N5O2/c1-29-11-13-30(14-12-29)18-24(33)32(34)17-19-5-7-20(8-6-19)28-21-15-22(26)25(23(27)16-21)31-9-3-2-4-10-31/h5-8,15-16,28,34H,2-4,9-14,17-18H2,1H3. The van der Waals surface area contributed by atoms with E-state index in [9.17, 15) is 18.8 Å². The van der Waals surface area contributed by atoms with E-state index < -0.39 is 11.6 Å². The molecule has 0 atom stereocenters. The average molecular weight is 474 g/mol. The molecule has 2 aromatic rings. The molecule has 2 aromatic carbocycles. The molecule has 2 aliphatic heterocycles. The Morgan fingerprint density at radius 2 is 1.56 bits per heavy atom. The van der Waals surface area contributed by atoms with Gasteiger partial charge in [-0.2, -0.15) is 0 Å². The molecule has 1 amide bonds. The normalized spacial score (nSPS) is 17.6. The monoisotopic (exact) mass is 473 g/mol. The quantitative estimate of drug-likeness (QED) is 0.473. The lowest BCUT2D eigenvalue weighted by molar-refractivity contribution is -0.169. The number of nitrogens with one attached hydrogen (secondary N) is 1. The van der Waals surface area contributed by atoms with Crippen molar-refractivity contribution in [1.82, 2.24) is 14.9 Å². The van der Waals surface area contributed by atoms with Crippen molar-refractivity contribution in [2.75, 3.05) is 63.1 Å². The van der Waals surface area contributed by atoms with E-state index >= 15 is 0 Å². The number of nitrogens with zero attached hydrogens (tertiary/aromatic N) is 4. The lowest BCUT2D eigenvalue weighted by Gasteiger charge is -2.32. The summed E-state index contributed by atoms with van der Waals surface area (Å²) in [6.45, 7) is 5.01. The maximum absolute atomic E-state index is 14.7. The van der Waals surface area contributed by atoms with Gasteiger partial charge >= 0.3 is 0 Å². The summed E-state index contributed by atoms with van der Waals surface area (Å²) in [6, 6.07) is 9.67. The summed E-state index contributed by atoms with van der Waals surface area (Å²) in [4.78, 5) is 18.4. The lowest BCUT2D eigenvalue weighted by atomic mass is 10.1. The zero-order valence-corrected chi connectivity index (χ0v) is 19.6. The van der Waals surface area contributed by atoms with E-state index in [1.807, 2.05) is 11.9 Å². The van der Waals surface area contributed by atoms with Crippen LogP contribution < -0.4 is 10.2 Å². The van der Waals surface area contributed by atoms with E-state index in [2.05, 4.69) is 10.2 Å². The summed E-state index contributed by atoms with van der Waals surface area (Å²) >= 11 is 0. The first kappa shape index (κ1) is 24.4. The van der Waals surface area contributed by atoms with E-state index in [1.54, 1.807) is 29.2 Å². The van der Waals surface area contributed by atoms with Crippen LogP contribution >= 0.6 is 0 Å². The molecule has 2 fully saturated rings. The molecule has 0 saturated carbocycles. The van der Waals surface area contributed by atoms with Crippen molar-refractivity contribution < 1.29 is 18.8 Å². The predicted octanol–water partition coefficient (Wildman–Crippen LogP) is 3.66. The van der Waals surface area contributed by atoms with Gasteiger partial charge in [0.2, 0.25) is 0 Å². The first-order valence-electron chi connectivity index (χ1n) is 11.9. The third kappa shape index (κ3) is 6.22. The van der Waals surface area contributed by atoms with E-state index in [4.69, 9.17) is 0 Å². The van der Waals surface area contributed by atoms with Crippen LogP contribution in [0, 0.1) is 11.6 Å². The molecule has 0 aliphatic carbocycles. The Morgan fingerprint density at radius 3 is 2.18 bits per heavy atom. The van der Waals surface area contributed by atoms with Gasteiger partial charge in [0.25, 0.3) is 5.91 Å². The van der Waals surface area contributed by atoms with Crippen LogP contribution in [0.4, 0.5) is 25.8 Å². The Hall–Kier alpha value is -2.75. The largest absolute Gasteiger partial charge is 0.367 e. The zero-order chi connectivity index (χ0) is 24.1. The third-order valence-corrected chi connectivity index (χ3v) is 6.51. The van der Waals surface area contributed by atoms with E-state index in [-0.39, 0.29) is 24.7 Å². The van der Waals surface area contributed by atoms with Crippen LogP contribution in [0.15, 0.2) is 36.4 Å². The van der Waals surface area contributed by atoms with Crippen molar-refractivity contribution in [3.05, 3.63) is 53.6 Å². The van der Waals surface area contributed by atoms with Crippen LogP contribution in [0.1, 0.15) is 24.8 Å². The summed E-state index contributed by atoms with van der Waals surface area (Å²) < 4.78 is 29.4. The smallest absolute Gasteiger partial charge is 0.260 e. The Kier molecular flexibility index (Phi) is 7.97. The van der Waals surface area contributed by atoms with E-state index in [0.717, 1.165) is 56.1 Å². The minimum atomic E-state index is -0.573. The number of amides is 1. The molecule has 4 rings (SSSR count). The topological polar surface area (TPSA) is 62.3 Å². The highest BCUT2D eigenvalue weighted by molar-refractivity contribution is 5.77. The van der Waals surface area contributed by atoms with Crippen molar-refractivity contribution in [2.45, 2.75) is 25.8 Å². The molecule has 34 heavy (non-hydrogen) atoms. The van der Waals surface area contributed by atoms with Crippen molar-refractivity contribution in [3.8, 4) is 0 Å². The molecular formula is C25H33F2N5O2. The fourth-order valence-electron chi connectivity index (χ4n) is 4.46. The van der Waals surface area contributed by atoms with Crippen molar-refractivity contribution in [3.63, 3.8) is 0 Å². The fraction of sp³-hybridized carbons (Fsp3) is 0.480. The molecule has 0 radical (unpaired) electrons. The van der Waals surface area contributed by atoms with Gasteiger partial charge < -0.3 is 15.1 Å². The molecule has 0 unspecified atom stereocenters. The first-order chi connectivity index (χ1) is 16.4.